The van der Waals surface area contributed by atoms with E-state index in [0.717, 1.165) is 92.3 Å². The fourth-order valence-corrected chi connectivity index (χ4v) is 8.42. The fraction of sp³-hybridized carbons (Fsp3) is 0.304. The Kier molecular flexibility index (Phi) is 13.8. The van der Waals surface area contributed by atoms with E-state index in [0.29, 0.717) is 46.2 Å². The smallest absolute Gasteiger partial charge is 0.203 e. The van der Waals surface area contributed by atoms with Crippen LogP contribution in [0.2, 0.25) is 0 Å². The molecule has 1 aromatic heterocycles. The van der Waals surface area contributed by atoms with Crippen molar-refractivity contribution >= 4 is 54.8 Å². The standard InChI is InChI=1S/C46H49Br2N3O6/c1-9-11-13-27-15-19-29(20-16-27)41-39(47)37(31-23-33(52-3)43(56-7)34(24-31)53-4)45(49-41)51-46-38(32-25-35(54-5)44(57-8)36(26-32)55-6)40(48)42(50-46)30-21-17-28(18-22-30)14-12-10-2/h15-26,49H,9-14H2,1-8H3/b51-46-. The molecule has 0 unspecified atom stereocenters. The predicted molar refractivity (Wildman–Crippen MR) is 238 cm³/mol. The number of aryl methyl sites for hydroxylation is 2. The van der Waals surface area contributed by atoms with E-state index >= 15 is 0 Å². The highest BCUT2D eigenvalue weighted by Gasteiger charge is 2.30. The summed E-state index contributed by atoms with van der Waals surface area (Å²) in [7, 11) is 9.61. The number of nitrogens with zero attached hydrogens (tertiary/aromatic N) is 2. The van der Waals surface area contributed by atoms with Crippen LogP contribution in [0.15, 0.2) is 91.7 Å². The van der Waals surface area contributed by atoms with Crippen LogP contribution in [-0.2, 0) is 12.8 Å². The Balaban J connectivity index is 1.61. The molecule has 0 bridgehead atoms. The van der Waals surface area contributed by atoms with Gasteiger partial charge in [0.1, 0.15) is 5.82 Å². The molecule has 5 aromatic rings. The van der Waals surface area contributed by atoms with Gasteiger partial charge in [-0.1, -0.05) is 75.2 Å². The molecular formula is C46H49Br2N3O6. The van der Waals surface area contributed by atoms with Gasteiger partial charge in [0, 0.05) is 16.7 Å². The van der Waals surface area contributed by atoms with Crippen molar-refractivity contribution in [3.8, 4) is 56.9 Å². The number of aliphatic imine (C=N–C) groups is 2. The largest absolute Gasteiger partial charge is 0.493 e. The van der Waals surface area contributed by atoms with Gasteiger partial charge in [0.15, 0.2) is 28.8 Å². The summed E-state index contributed by atoms with van der Waals surface area (Å²) < 4.78 is 36.2. The van der Waals surface area contributed by atoms with Crippen molar-refractivity contribution in [1.29, 1.82) is 0 Å². The van der Waals surface area contributed by atoms with Gasteiger partial charge >= 0.3 is 0 Å². The number of hydrogen-bond donors (Lipinski definition) is 1. The summed E-state index contributed by atoms with van der Waals surface area (Å²) in [6.07, 6.45) is 6.62. The van der Waals surface area contributed by atoms with E-state index in [1.807, 2.05) is 24.3 Å². The van der Waals surface area contributed by atoms with Gasteiger partial charge in [-0.05, 0) is 110 Å². The number of benzene rings is 4. The first-order chi connectivity index (χ1) is 27.7. The number of aromatic nitrogens is 1. The van der Waals surface area contributed by atoms with E-state index in [9.17, 15) is 0 Å². The highest BCUT2D eigenvalue weighted by Crippen LogP contribution is 2.50. The van der Waals surface area contributed by atoms with Crippen LogP contribution in [0.1, 0.15) is 61.8 Å². The maximum Gasteiger partial charge on any atom is 0.203 e. The zero-order valence-corrected chi connectivity index (χ0v) is 36.9. The lowest BCUT2D eigenvalue weighted by Gasteiger charge is -2.15. The van der Waals surface area contributed by atoms with Crippen LogP contribution in [0.3, 0.4) is 0 Å². The van der Waals surface area contributed by atoms with E-state index in [-0.39, 0.29) is 0 Å². The Labute approximate surface area is 352 Å². The summed E-state index contributed by atoms with van der Waals surface area (Å²) in [6, 6.07) is 24.9. The number of nitrogens with one attached hydrogen (secondary N) is 1. The minimum Gasteiger partial charge on any atom is -0.493 e. The number of allylic oxidation sites excluding steroid dienone is 1. The Morgan fingerprint density at radius 2 is 1.04 bits per heavy atom. The molecule has 4 aromatic carbocycles. The van der Waals surface area contributed by atoms with Gasteiger partial charge in [-0.2, -0.15) is 0 Å². The average Bonchev–Trinajstić information content (AvgIpc) is 3.75. The Morgan fingerprint density at radius 3 is 1.47 bits per heavy atom. The quantitative estimate of drug-likeness (QED) is 0.0999. The first kappa shape index (κ1) is 41.6. The second kappa shape index (κ2) is 19.0. The second-order valence-electron chi connectivity index (χ2n) is 13.6. The van der Waals surface area contributed by atoms with Crippen LogP contribution in [0.25, 0.3) is 28.0 Å². The van der Waals surface area contributed by atoms with Crippen molar-refractivity contribution in [3.05, 3.63) is 104 Å². The van der Waals surface area contributed by atoms with Gasteiger partial charge < -0.3 is 33.4 Å². The molecule has 0 fully saturated rings. The zero-order valence-electron chi connectivity index (χ0n) is 33.8. The number of H-pyrrole nitrogens is 1. The Bertz CT molecular complexity index is 2260. The minimum absolute atomic E-state index is 0.477. The molecule has 1 aliphatic heterocycles. The summed E-state index contributed by atoms with van der Waals surface area (Å²) >= 11 is 7.97. The second-order valence-corrected chi connectivity index (χ2v) is 15.1. The third kappa shape index (κ3) is 8.65. The number of rotatable bonds is 17. The molecule has 298 valence electrons. The summed E-state index contributed by atoms with van der Waals surface area (Å²) in [5.41, 5.74) is 9.26. The summed E-state index contributed by atoms with van der Waals surface area (Å²) in [6.45, 7) is 4.42. The summed E-state index contributed by atoms with van der Waals surface area (Å²) in [5, 5.41) is 0. The van der Waals surface area contributed by atoms with Crippen molar-refractivity contribution in [2.75, 3.05) is 42.7 Å². The number of unbranched alkanes of at least 4 members (excludes halogenated alkanes) is 2. The molecular weight excluding hydrogens is 850 g/mol. The molecule has 9 nitrogen and oxygen atoms in total. The van der Waals surface area contributed by atoms with Gasteiger partial charge in [0.05, 0.1) is 63.0 Å². The predicted octanol–water partition coefficient (Wildman–Crippen LogP) is 12.2. The normalized spacial score (nSPS) is 13.2. The number of aromatic amines is 1. The lowest BCUT2D eigenvalue weighted by atomic mass is 10.0. The zero-order chi connectivity index (χ0) is 40.6. The minimum atomic E-state index is 0.477. The number of ether oxygens (including phenoxy) is 6. The molecule has 0 aliphatic carbocycles. The van der Waals surface area contributed by atoms with Crippen molar-refractivity contribution in [2.45, 2.75) is 52.4 Å². The maximum absolute atomic E-state index is 5.80. The lowest BCUT2D eigenvalue weighted by Crippen LogP contribution is -2.01. The number of amidine groups is 1. The van der Waals surface area contributed by atoms with E-state index in [2.05, 4.69) is 99.2 Å². The SMILES string of the molecule is CCCCc1ccc(C2=N/C(=N\c3[nH]c(-c4ccc(CCCC)cc4)c(Br)c3-c3cc(OC)c(OC)c(OC)c3)C(c3cc(OC)c(OC)c(OC)c3)=C2Br)cc1. The maximum atomic E-state index is 5.80. The van der Waals surface area contributed by atoms with Crippen LogP contribution in [0, 0.1) is 0 Å². The van der Waals surface area contributed by atoms with Crippen molar-refractivity contribution in [3.63, 3.8) is 0 Å². The topological polar surface area (TPSA) is 95.9 Å². The molecule has 0 spiro atoms. The number of methoxy groups -OCH3 is 6. The molecule has 0 amide bonds. The molecule has 0 saturated carbocycles. The van der Waals surface area contributed by atoms with Gasteiger partial charge in [0.2, 0.25) is 11.5 Å². The van der Waals surface area contributed by atoms with Crippen LogP contribution >= 0.6 is 31.9 Å². The highest BCUT2D eigenvalue weighted by molar-refractivity contribution is 9.12. The first-order valence-electron chi connectivity index (χ1n) is 19.0. The average molecular weight is 900 g/mol. The van der Waals surface area contributed by atoms with Gasteiger partial charge in [-0.25, -0.2) is 9.98 Å². The van der Waals surface area contributed by atoms with Gasteiger partial charge in [-0.3, -0.25) is 0 Å². The van der Waals surface area contributed by atoms with E-state index in [1.165, 1.54) is 11.1 Å². The van der Waals surface area contributed by atoms with Crippen LogP contribution in [0.5, 0.6) is 34.5 Å². The monoisotopic (exact) mass is 897 g/mol. The van der Waals surface area contributed by atoms with Crippen molar-refractivity contribution in [1.82, 2.24) is 4.98 Å². The molecule has 11 heteroatoms. The number of halogens is 2. The van der Waals surface area contributed by atoms with Crippen molar-refractivity contribution in [2.24, 2.45) is 9.98 Å². The molecule has 1 N–H and O–H groups in total. The molecule has 1 aliphatic rings. The third-order valence-corrected chi connectivity index (χ3v) is 11.6. The Morgan fingerprint density at radius 1 is 0.579 bits per heavy atom. The molecule has 0 atom stereocenters. The summed E-state index contributed by atoms with van der Waals surface area (Å²) in [4.78, 5) is 14.3. The summed E-state index contributed by atoms with van der Waals surface area (Å²) in [5.74, 6) is 4.09. The molecule has 57 heavy (non-hydrogen) atoms. The number of hydrogen-bond acceptors (Lipinski definition) is 7. The molecule has 0 saturated heterocycles. The van der Waals surface area contributed by atoms with E-state index in [4.69, 9.17) is 38.4 Å². The third-order valence-electron chi connectivity index (χ3n) is 10.0. The molecule has 2 heterocycles. The first-order valence-corrected chi connectivity index (χ1v) is 20.6. The fourth-order valence-electron chi connectivity index (χ4n) is 6.95. The van der Waals surface area contributed by atoms with Crippen LogP contribution in [-0.4, -0.2) is 59.2 Å². The van der Waals surface area contributed by atoms with Gasteiger partial charge in [0.25, 0.3) is 0 Å². The van der Waals surface area contributed by atoms with Crippen LogP contribution < -0.4 is 28.4 Å². The van der Waals surface area contributed by atoms with E-state index in [1.54, 1.807) is 42.7 Å². The van der Waals surface area contributed by atoms with Crippen molar-refractivity contribution < 1.29 is 28.4 Å². The molecule has 0 radical (unpaired) electrons. The highest BCUT2D eigenvalue weighted by atomic mass is 79.9. The Hall–Kier alpha value is -5.00. The van der Waals surface area contributed by atoms with Crippen LogP contribution in [0.4, 0.5) is 5.82 Å². The lowest BCUT2D eigenvalue weighted by molar-refractivity contribution is 0.324. The van der Waals surface area contributed by atoms with Gasteiger partial charge in [-0.15, -0.1) is 0 Å². The molecule has 6 rings (SSSR count). The van der Waals surface area contributed by atoms with E-state index < -0.39 is 0 Å².